The maximum absolute atomic E-state index is 12.7. The van der Waals surface area contributed by atoms with Crippen LogP contribution in [-0.2, 0) is 16.0 Å². The Kier molecular flexibility index (Phi) is 6.85. The van der Waals surface area contributed by atoms with Crippen LogP contribution < -0.4 is 10.6 Å². The number of hydrogen-bond donors (Lipinski definition) is 3. The lowest BCUT2D eigenvalue weighted by molar-refractivity contribution is -0.123. The van der Waals surface area contributed by atoms with Gasteiger partial charge in [-0.25, -0.2) is 4.79 Å². The first-order chi connectivity index (χ1) is 12.7. The molecule has 0 aliphatic rings. The van der Waals surface area contributed by atoms with E-state index in [9.17, 15) is 9.59 Å². The van der Waals surface area contributed by atoms with Gasteiger partial charge in [-0.2, -0.15) is 0 Å². The highest BCUT2D eigenvalue weighted by Gasteiger charge is 2.25. The zero-order valence-corrected chi connectivity index (χ0v) is 16.8. The molecule has 2 rings (SSSR count). The van der Waals surface area contributed by atoms with E-state index in [2.05, 4.69) is 15.6 Å². The molecule has 3 N–H and O–H groups in total. The Morgan fingerprint density at radius 2 is 1.93 bits per heavy atom. The van der Waals surface area contributed by atoms with E-state index >= 15 is 0 Å². The van der Waals surface area contributed by atoms with Crippen LogP contribution >= 0.6 is 0 Å². The van der Waals surface area contributed by atoms with Gasteiger partial charge in [0.2, 0.25) is 5.91 Å². The van der Waals surface area contributed by atoms with E-state index in [0.29, 0.717) is 13.0 Å². The van der Waals surface area contributed by atoms with Gasteiger partial charge in [-0.05, 0) is 46.5 Å². The molecular weight excluding hydrogens is 344 g/mol. The zero-order valence-electron chi connectivity index (χ0n) is 16.8. The Bertz CT molecular complexity index is 777. The molecule has 7 nitrogen and oxygen atoms in total. The normalized spacial score (nSPS) is 12.8. The molecule has 7 heteroatoms. The number of likely N-dealkylation sites (N-methyl/N-ethyl adjacent to an activating group) is 1. The van der Waals surface area contributed by atoms with E-state index in [0.717, 1.165) is 23.0 Å². The van der Waals surface area contributed by atoms with Crippen LogP contribution in [-0.4, -0.2) is 60.7 Å². The molecule has 2 amide bonds. The van der Waals surface area contributed by atoms with Gasteiger partial charge in [0.1, 0.15) is 11.6 Å². The van der Waals surface area contributed by atoms with Crippen molar-refractivity contribution >= 4 is 22.9 Å². The summed E-state index contributed by atoms with van der Waals surface area (Å²) < 4.78 is 5.32. The summed E-state index contributed by atoms with van der Waals surface area (Å²) >= 11 is 0. The van der Waals surface area contributed by atoms with Gasteiger partial charge in [-0.15, -0.1) is 0 Å². The first kappa shape index (κ1) is 20.8. The number of nitrogens with one attached hydrogen (secondary N) is 3. The van der Waals surface area contributed by atoms with Crippen LogP contribution in [0.3, 0.4) is 0 Å². The van der Waals surface area contributed by atoms with Crippen molar-refractivity contribution in [2.45, 2.75) is 38.8 Å². The predicted molar refractivity (Wildman–Crippen MR) is 107 cm³/mol. The molecule has 1 atom stereocenters. The van der Waals surface area contributed by atoms with Crippen LogP contribution in [0.25, 0.3) is 10.9 Å². The van der Waals surface area contributed by atoms with Gasteiger partial charge >= 0.3 is 6.09 Å². The molecule has 2 aromatic rings. The number of fused-ring (bicyclic) bond motifs is 1. The number of carbonyl (C=O) groups excluding carboxylic acids is 2. The van der Waals surface area contributed by atoms with Gasteiger partial charge in [0, 0.05) is 36.6 Å². The third-order valence-electron chi connectivity index (χ3n) is 3.96. The number of para-hydroxylation sites is 1. The van der Waals surface area contributed by atoms with Crippen molar-refractivity contribution in [1.82, 2.24) is 20.5 Å². The van der Waals surface area contributed by atoms with Crippen molar-refractivity contribution in [1.29, 1.82) is 0 Å². The molecule has 27 heavy (non-hydrogen) atoms. The molecule has 0 unspecified atom stereocenters. The van der Waals surface area contributed by atoms with Crippen molar-refractivity contribution in [3.8, 4) is 0 Å². The number of rotatable bonds is 7. The Labute approximate surface area is 160 Å². The lowest BCUT2D eigenvalue weighted by Crippen LogP contribution is -2.50. The van der Waals surface area contributed by atoms with Crippen molar-refractivity contribution in [2.75, 3.05) is 27.2 Å². The molecular formula is C20H30N4O3. The predicted octanol–water partition coefficient (Wildman–Crippen LogP) is 2.28. The summed E-state index contributed by atoms with van der Waals surface area (Å²) in [7, 11) is 3.88. The van der Waals surface area contributed by atoms with Crippen molar-refractivity contribution < 1.29 is 14.3 Å². The average molecular weight is 374 g/mol. The lowest BCUT2D eigenvalue weighted by Gasteiger charge is -2.23. The van der Waals surface area contributed by atoms with Crippen LogP contribution in [0.15, 0.2) is 30.5 Å². The molecule has 0 saturated heterocycles. The largest absolute Gasteiger partial charge is 0.444 e. The molecule has 0 aliphatic heterocycles. The van der Waals surface area contributed by atoms with Crippen molar-refractivity contribution in [2.24, 2.45) is 0 Å². The zero-order chi connectivity index (χ0) is 20.0. The molecule has 0 radical (unpaired) electrons. The molecule has 0 bridgehead atoms. The maximum atomic E-state index is 12.7. The first-order valence-electron chi connectivity index (χ1n) is 9.12. The number of hydrogen-bond acceptors (Lipinski definition) is 4. The second-order valence-electron chi connectivity index (χ2n) is 7.86. The summed E-state index contributed by atoms with van der Waals surface area (Å²) in [5.74, 6) is -0.229. The fourth-order valence-electron chi connectivity index (χ4n) is 2.71. The summed E-state index contributed by atoms with van der Waals surface area (Å²) in [5, 5.41) is 6.63. The fourth-order valence-corrected chi connectivity index (χ4v) is 2.71. The van der Waals surface area contributed by atoms with E-state index in [-0.39, 0.29) is 5.91 Å². The van der Waals surface area contributed by atoms with E-state index in [1.54, 1.807) is 20.8 Å². The van der Waals surface area contributed by atoms with E-state index < -0.39 is 17.7 Å². The SMILES string of the molecule is CN(C)CCNC(=O)[C@@H](Cc1c[nH]c2ccccc12)NC(=O)OC(C)(C)C. The van der Waals surface area contributed by atoms with Crippen LogP contribution in [0, 0.1) is 0 Å². The second kappa shape index (κ2) is 8.90. The van der Waals surface area contributed by atoms with Crippen LogP contribution in [0.2, 0.25) is 0 Å². The number of benzene rings is 1. The highest BCUT2D eigenvalue weighted by molar-refractivity contribution is 5.88. The van der Waals surface area contributed by atoms with Gasteiger partial charge in [-0.1, -0.05) is 18.2 Å². The Morgan fingerprint density at radius 3 is 2.59 bits per heavy atom. The number of H-pyrrole nitrogens is 1. The topological polar surface area (TPSA) is 86.5 Å². The third-order valence-corrected chi connectivity index (χ3v) is 3.96. The smallest absolute Gasteiger partial charge is 0.408 e. The number of nitrogens with zero attached hydrogens (tertiary/aromatic N) is 1. The molecule has 1 aromatic carbocycles. The fraction of sp³-hybridized carbons (Fsp3) is 0.500. The molecule has 0 saturated carbocycles. The molecule has 0 aliphatic carbocycles. The Morgan fingerprint density at radius 1 is 1.22 bits per heavy atom. The minimum Gasteiger partial charge on any atom is -0.444 e. The number of alkyl carbamates (subject to hydrolysis) is 1. The quantitative estimate of drug-likeness (QED) is 0.694. The van der Waals surface area contributed by atoms with Gasteiger partial charge in [0.15, 0.2) is 0 Å². The van der Waals surface area contributed by atoms with Crippen molar-refractivity contribution in [3.63, 3.8) is 0 Å². The van der Waals surface area contributed by atoms with Crippen LogP contribution in [0.5, 0.6) is 0 Å². The monoisotopic (exact) mass is 374 g/mol. The minimum absolute atomic E-state index is 0.229. The first-order valence-corrected chi connectivity index (χ1v) is 9.12. The van der Waals surface area contributed by atoms with E-state index in [4.69, 9.17) is 4.74 Å². The molecule has 1 aromatic heterocycles. The summed E-state index contributed by atoms with van der Waals surface area (Å²) in [6, 6.07) is 7.16. The molecule has 0 spiro atoms. The molecule has 1 heterocycles. The number of aromatic amines is 1. The highest BCUT2D eigenvalue weighted by Crippen LogP contribution is 2.19. The molecule has 148 valence electrons. The summed E-state index contributed by atoms with van der Waals surface area (Å²) in [6.45, 7) is 6.60. The second-order valence-corrected chi connectivity index (χ2v) is 7.86. The molecule has 0 fully saturated rings. The van der Waals surface area contributed by atoms with Crippen molar-refractivity contribution in [3.05, 3.63) is 36.0 Å². The highest BCUT2D eigenvalue weighted by atomic mass is 16.6. The van der Waals surface area contributed by atoms with Crippen LogP contribution in [0.1, 0.15) is 26.3 Å². The third kappa shape index (κ3) is 6.60. The van der Waals surface area contributed by atoms with Gasteiger partial charge in [0.05, 0.1) is 0 Å². The minimum atomic E-state index is -0.721. The lowest BCUT2D eigenvalue weighted by atomic mass is 10.0. The standard InChI is InChI=1S/C20H30N4O3/c1-20(2,3)27-19(26)23-17(18(25)21-10-11-24(4)5)12-14-13-22-16-9-7-6-8-15(14)16/h6-9,13,17,22H,10-12H2,1-5H3,(H,21,25)(H,23,26)/t17-/m1/s1. The maximum Gasteiger partial charge on any atom is 0.408 e. The van der Waals surface area contributed by atoms with Gasteiger partial charge in [0.25, 0.3) is 0 Å². The number of carbonyl (C=O) groups is 2. The van der Waals surface area contributed by atoms with Gasteiger partial charge in [-0.3, -0.25) is 4.79 Å². The van der Waals surface area contributed by atoms with Crippen LogP contribution in [0.4, 0.5) is 4.79 Å². The van der Waals surface area contributed by atoms with E-state index in [1.165, 1.54) is 0 Å². The number of aromatic nitrogens is 1. The summed E-state index contributed by atoms with van der Waals surface area (Å²) in [4.78, 5) is 30.1. The Balaban J connectivity index is 2.13. The number of amides is 2. The summed E-state index contributed by atoms with van der Waals surface area (Å²) in [5.41, 5.74) is 1.34. The summed E-state index contributed by atoms with van der Waals surface area (Å²) in [6.07, 6.45) is 1.65. The Hall–Kier alpha value is -2.54. The van der Waals surface area contributed by atoms with E-state index in [1.807, 2.05) is 49.5 Å². The number of ether oxygens (including phenoxy) is 1. The average Bonchev–Trinajstić information content (AvgIpc) is 2.95. The van der Waals surface area contributed by atoms with Gasteiger partial charge < -0.3 is 25.3 Å².